The van der Waals surface area contributed by atoms with Crippen molar-refractivity contribution in [3.63, 3.8) is 0 Å². The number of rotatable bonds is 0. The van der Waals surface area contributed by atoms with Crippen molar-refractivity contribution in [1.29, 1.82) is 0 Å². The molecule has 3 rings (SSSR count). The zero-order valence-electron chi connectivity index (χ0n) is 7.12. The molecule has 5 unspecified atom stereocenters. The highest BCUT2D eigenvalue weighted by molar-refractivity contribution is 5.77. The van der Waals surface area contributed by atoms with E-state index in [1.165, 1.54) is 0 Å². The number of fused-ring (bicyclic) bond motifs is 1. The Morgan fingerprint density at radius 1 is 1.58 bits per heavy atom. The van der Waals surface area contributed by atoms with Gasteiger partial charge in [-0.3, -0.25) is 4.79 Å². The van der Waals surface area contributed by atoms with Gasteiger partial charge < -0.3 is 10.5 Å². The van der Waals surface area contributed by atoms with Crippen LogP contribution >= 0.6 is 0 Å². The standard InChI is InChI=1S/C9H13NO2/c1-9-6-3-4(7(9)10)2-5(6)8(11)12-9/h4-7H,2-3,10H2,1H3. The molecule has 12 heavy (non-hydrogen) atoms. The minimum atomic E-state index is -0.315. The number of carbonyl (C=O) groups excluding carboxylic acids is 1. The highest BCUT2D eigenvalue weighted by Gasteiger charge is 2.67. The first-order valence-corrected chi connectivity index (χ1v) is 4.61. The Bertz CT molecular complexity index is 265. The molecular weight excluding hydrogens is 154 g/mol. The lowest BCUT2D eigenvalue weighted by atomic mass is 9.78. The number of hydrogen-bond acceptors (Lipinski definition) is 3. The largest absolute Gasteiger partial charge is 0.457 e. The zero-order chi connectivity index (χ0) is 8.51. The van der Waals surface area contributed by atoms with E-state index in [2.05, 4.69) is 0 Å². The number of ether oxygens (including phenoxy) is 1. The molecule has 2 bridgehead atoms. The van der Waals surface area contributed by atoms with Crippen molar-refractivity contribution in [2.24, 2.45) is 23.5 Å². The van der Waals surface area contributed by atoms with E-state index < -0.39 is 0 Å². The number of carbonyl (C=O) groups is 1. The number of esters is 1. The van der Waals surface area contributed by atoms with Crippen LogP contribution in [-0.4, -0.2) is 17.6 Å². The molecule has 2 saturated carbocycles. The van der Waals surface area contributed by atoms with Crippen molar-refractivity contribution in [3.05, 3.63) is 0 Å². The normalized spacial score (nSPS) is 61.0. The molecule has 0 aromatic rings. The van der Waals surface area contributed by atoms with Crippen LogP contribution in [0.1, 0.15) is 19.8 Å². The molecule has 2 aliphatic carbocycles. The monoisotopic (exact) mass is 167 g/mol. The van der Waals surface area contributed by atoms with E-state index in [0.29, 0.717) is 11.8 Å². The van der Waals surface area contributed by atoms with Crippen molar-refractivity contribution in [3.8, 4) is 0 Å². The van der Waals surface area contributed by atoms with Gasteiger partial charge in [-0.05, 0) is 25.7 Å². The average molecular weight is 167 g/mol. The molecule has 5 atom stereocenters. The lowest BCUT2D eigenvalue weighted by Gasteiger charge is -2.31. The molecule has 0 aromatic carbocycles. The summed E-state index contributed by atoms with van der Waals surface area (Å²) in [5, 5.41) is 0. The van der Waals surface area contributed by atoms with E-state index >= 15 is 0 Å². The second kappa shape index (κ2) is 1.69. The van der Waals surface area contributed by atoms with Gasteiger partial charge in [0.25, 0.3) is 0 Å². The highest BCUT2D eigenvalue weighted by Crippen LogP contribution is 2.59. The minimum absolute atomic E-state index is 0.00190. The second-order valence-electron chi connectivity index (χ2n) is 4.58. The first-order valence-electron chi connectivity index (χ1n) is 4.61. The maximum absolute atomic E-state index is 11.4. The summed E-state index contributed by atoms with van der Waals surface area (Å²) in [7, 11) is 0. The van der Waals surface area contributed by atoms with E-state index in [9.17, 15) is 4.79 Å². The van der Waals surface area contributed by atoms with Crippen LogP contribution in [-0.2, 0) is 9.53 Å². The molecule has 1 aliphatic heterocycles. The summed E-state index contributed by atoms with van der Waals surface area (Å²) in [6.07, 6.45) is 2.08. The molecule has 66 valence electrons. The van der Waals surface area contributed by atoms with Crippen LogP contribution in [0.2, 0.25) is 0 Å². The fourth-order valence-corrected chi connectivity index (χ4v) is 3.42. The van der Waals surface area contributed by atoms with Gasteiger partial charge in [-0.15, -0.1) is 0 Å². The molecule has 3 fully saturated rings. The molecule has 0 radical (unpaired) electrons. The summed E-state index contributed by atoms with van der Waals surface area (Å²) in [6, 6.07) is 0.0881. The summed E-state index contributed by atoms with van der Waals surface area (Å²) in [6.45, 7) is 2.00. The maximum Gasteiger partial charge on any atom is 0.309 e. The third kappa shape index (κ3) is 0.505. The van der Waals surface area contributed by atoms with Crippen molar-refractivity contribution < 1.29 is 9.53 Å². The van der Waals surface area contributed by atoms with Gasteiger partial charge in [0.2, 0.25) is 0 Å². The number of nitrogens with two attached hydrogens (primary N) is 1. The number of hydrogen-bond donors (Lipinski definition) is 1. The van der Waals surface area contributed by atoms with Crippen molar-refractivity contribution in [2.75, 3.05) is 0 Å². The fourth-order valence-electron chi connectivity index (χ4n) is 3.42. The maximum atomic E-state index is 11.4. The van der Waals surface area contributed by atoms with Gasteiger partial charge in [0.15, 0.2) is 0 Å². The predicted molar refractivity (Wildman–Crippen MR) is 42.2 cm³/mol. The van der Waals surface area contributed by atoms with E-state index in [4.69, 9.17) is 10.5 Å². The summed E-state index contributed by atoms with van der Waals surface area (Å²) in [5.74, 6) is 1.14. The third-order valence-corrected chi connectivity index (χ3v) is 4.13. The van der Waals surface area contributed by atoms with Crippen LogP contribution < -0.4 is 5.73 Å². The summed E-state index contributed by atoms with van der Waals surface area (Å²) in [5.41, 5.74) is 5.71. The van der Waals surface area contributed by atoms with Gasteiger partial charge in [0.1, 0.15) is 5.60 Å². The van der Waals surface area contributed by atoms with Crippen molar-refractivity contribution >= 4 is 5.97 Å². The molecule has 1 saturated heterocycles. The molecule has 3 aliphatic rings. The van der Waals surface area contributed by atoms with Gasteiger partial charge in [-0.25, -0.2) is 0 Å². The van der Waals surface area contributed by atoms with Crippen LogP contribution in [0.15, 0.2) is 0 Å². The minimum Gasteiger partial charge on any atom is -0.457 e. The molecule has 1 heterocycles. The smallest absolute Gasteiger partial charge is 0.309 e. The van der Waals surface area contributed by atoms with Crippen molar-refractivity contribution in [1.82, 2.24) is 0 Å². The molecule has 3 nitrogen and oxygen atoms in total. The van der Waals surface area contributed by atoms with E-state index in [1.54, 1.807) is 0 Å². The molecule has 0 spiro atoms. The average Bonchev–Trinajstić information content (AvgIpc) is 2.56. The predicted octanol–water partition coefficient (Wildman–Crippen LogP) is 0.285. The lowest BCUT2D eigenvalue weighted by Crippen LogP contribution is -2.49. The quantitative estimate of drug-likeness (QED) is 0.527. The van der Waals surface area contributed by atoms with Gasteiger partial charge in [0.05, 0.1) is 5.92 Å². The Labute approximate surface area is 71.3 Å². The van der Waals surface area contributed by atoms with Crippen molar-refractivity contribution in [2.45, 2.75) is 31.4 Å². The first kappa shape index (κ1) is 6.89. The zero-order valence-corrected chi connectivity index (χ0v) is 7.12. The SMILES string of the molecule is CC12OC(=O)C3CC(CC31)C2N. The fraction of sp³-hybridized carbons (Fsp3) is 0.889. The summed E-state index contributed by atoms with van der Waals surface area (Å²) < 4.78 is 5.38. The Balaban J connectivity index is 2.11. The van der Waals surface area contributed by atoms with Crippen LogP contribution in [0.3, 0.4) is 0 Å². The second-order valence-corrected chi connectivity index (χ2v) is 4.58. The molecular formula is C9H13NO2. The Morgan fingerprint density at radius 2 is 2.33 bits per heavy atom. The highest BCUT2D eigenvalue weighted by atomic mass is 16.6. The van der Waals surface area contributed by atoms with Gasteiger partial charge in [-0.1, -0.05) is 0 Å². The van der Waals surface area contributed by atoms with Crippen LogP contribution in [0.4, 0.5) is 0 Å². The Hall–Kier alpha value is -0.570. The summed E-state index contributed by atoms with van der Waals surface area (Å²) in [4.78, 5) is 11.4. The Kier molecular flexibility index (Phi) is 0.971. The van der Waals surface area contributed by atoms with Crippen LogP contribution in [0.25, 0.3) is 0 Å². The molecule has 2 N–H and O–H groups in total. The van der Waals surface area contributed by atoms with Gasteiger partial charge >= 0.3 is 5.97 Å². The molecule has 0 amide bonds. The Morgan fingerprint density at radius 3 is 2.92 bits per heavy atom. The van der Waals surface area contributed by atoms with Gasteiger partial charge in [-0.2, -0.15) is 0 Å². The lowest BCUT2D eigenvalue weighted by molar-refractivity contribution is -0.149. The molecule has 3 heteroatoms. The van der Waals surface area contributed by atoms with E-state index in [0.717, 1.165) is 12.8 Å². The topological polar surface area (TPSA) is 52.3 Å². The summed E-state index contributed by atoms with van der Waals surface area (Å²) >= 11 is 0. The first-order chi connectivity index (χ1) is 5.63. The molecule has 0 aromatic heterocycles. The van der Waals surface area contributed by atoms with E-state index in [1.807, 2.05) is 6.92 Å². The van der Waals surface area contributed by atoms with Crippen LogP contribution in [0.5, 0.6) is 0 Å². The van der Waals surface area contributed by atoms with E-state index in [-0.39, 0.29) is 23.5 Å². The van der Waals surface area contributed by atoms with Crippen LogP contribution in [0, 0.1) is 17.8 Å². The van der Waals surface area contributed by atoms with Gasteiger partial charge in [0, 0.05) is 12.0 Å². The third-order valence-electron chi connectivity index (χ3n) is 4.13.